The largest absolute Gasteiger partial charge is 0.357 e. The van der Waals surface area contributed by atoms with Crippen molar-refractivity contribution in [2.75, 3.05) is 39.3 Å². The maximum absolute atomic E-state index is 4.73. The fraction of sp³-hybridized carbons (Fsp3) is 0.778. The van der Waals surface area contributed by atoms with Gasteiger partial charge in [0.15, 0.2) is 5.96 Å². The molecule has 0 unspecified atom stereocenters. The highest BCUT2D eigenvalue weighted by Crippen LogP contribution is 2.16. The molecule has 25 heavy (non-hydrogen) atoms. The van der Waals surface area contributed by atoms with Crippen molar-refractivity contribution in [2.24, 2.45) is 4.99 Å². The highest BCUT2D eigenvalue weighted by molar-refractivity contribution is 14.0. The van der Waals surface area contributed by atoms with Crippen molar-refractivity contribution in [1.29, 1.82) is 0 Å². The maximum Gasteiger partial charge on any atom is 0.191 e. The summed E-state index contributed by atoms with van der Waals surface area (Å²) >= 11 is 1.80. The lowest BCUT2D eigenvalue weighted by molar-refractivity contribution is 0.293. The zero-order valence-corrected chi connectivity index (χ0v) is 19.1. The molecule has 2 rings (SSSR count). The summed E-state index contributed by atoms with van der Waals surface area (Å²) < 4.78 is 0. The lowest BCUT2D eigenvalue weighted by atomic mass is 10.2. The molecule has 5 nitrogen and oxygen atoms in total. The fourth-order valence-electron chi connectivity index (χ4n) is 2.94. The average Bonchev–Trinajstić information content (AvgIpc) is 2.76. The number of hydrogen-bond donors (Lipinski definition) is 2. The number of halogens is 1. The van der Waals surface area contributed by atoms with Gasteiger partial charge in [-0.25, -0.2) is 4.98 Å². The first kappa shape index (κ1) is 22.6. The first-order valence-electron chi connectivity index (χ1n) is 9.36. The van der Waals surface area contributed by atoms with E-state index in [2.05, 4.69) is 41.3 Å². The summed E-state index contributed by atoms with van der Waals surface area (Å²) in [4.78, 5) is 13.2. The van der Waals surface area contributed by atoms with Crippen LogP contribution >= 0.6 is 35.3 Å². The van der Waals surface area contributed by atoms with Crippen LogP contribution in [0.25, 0.3) is 0 Å². The minimum atomic E-state index is 0. The summed E-state index contributed by atoms with van der Waals surface area (Å²) in [6.45, 7) is 12.5. The second-order valence-corrected chi connectivity index (χ2v) is 7.73. The summed E-state index contributed by atoms with van der Waals surface area (Å²) in [5, 5.41) is 7.98. The Morgan fingerprint density at radius 1 is 1.16 bits per heavy atom. The lowest BCUT2D eigenvalue weighted by Crippen LogP contribution is -2.39. The number of thiazole rings is 1. The zero-order chi connectivity index (χ0) is 17.2. The quantitative estimate of drug-likeness (QED) is 0.358. The molecule has 0 bridgehead atoms. The number of nitrogens with zero attached hydrogens (tertiary/aromatic N) is 3. The SMILES string of the molecule is CCNC(=NCCN1CCCCCC1)NCCc1nc(C)c(C)s1.I. The number of aromatic nitrogens is 1. The van der Waals surface area contributed by atoms with E-state index < -0.39 is 0 Å². The van der Waals surface area contributed by atoms with Gasteiger partial charge in [-0.1, -0.05) is 12.8 Å². The van der Waals surface area contributed by atoms with Crippen LogP contribution in [0.3, 0.4) is 0 Å². The van der Waals surface area contributed by atoms with Gasteiger partial charge in [0.25, 0.3) is 0 Å². The number of rotatable bonds is 7. The number of likely N-dealkylation sites (tertiary alicyclic amines) is 1. The lowest BCUT2D eigenvalue weighted by Gasteiger charge is -2.18. The van der Waals surface area contributed by atoms with Crippen molar-refractivity contribution in [3.63, 3.8) is 0 Å². The Bertz CT molecular complexity index is 490. The third kappa shape index (κ3) is 8.68. The van der Waals surface area contributed by atoms with Gasteiger partial charge in [0.1, 0.15) is 0 Å². The van der Waals surface area contributed by atoms with Crippen LogP contribution in [0.2, 0.25) is 0 Å². The molecule has 0 saturated carbocycles. The van der Waals surface area contributed by atoms with Gasteiger partial charge in [0.2, 0.25) is 0 Å². The molecular weight excluding hydrogens is 445 g/mol. The van der Waals surface area contributed by atoms with Gasteiger partial charge in [-0.05, 0) is 46.7 Å². The van der Waals surface area contributed by atoms with E-state index in [4.69, 9.17) is 4.99 Å². The molecule has 1 aliphatic rings. The highest BCUT2D eigenvalue weighted by Gasteiger charge is 2.08. The van der Waals surface area contributed by atoms with Crippen LogP contribution in [0.15, 0.2) is 4.99 Å². The van der Waals surface area contributed by atoms with E-state index in [0.717, 1.165) is 44.3 Å². The van der Waals surface area contributed by atoms with Crippen molar-refractivity contribution in [2.45, 2.75) is 52.9 Å². The number of nitrogens with one attached hydrogen (secondary N) is 2. The van der Waals surface area contributed by atoms with Crippen LogP contribution in [0, 0.1) is 13.8 Å². The molecule has 144 valence electrons. The molecule has 0 spiro atoms. The molecule has 1 aliphatic heterocycles. The number of guanidine groups is 1. The van der Waals surface area contributed by atoms with Crippen molar-refractivity contribution >= 4 is 41.3 Å². The summed E-state index contributed by atoms with van der Waals surface area (Å²) in [6.07, 6.45) is 6.42. The predicted octanol–water partition coefficient (Wildman–Crippen LogP) is 3.35. The zero-order valence-electron chi connectivity index (χ0n) is 15.9. The molecule has 1 saturated heterocycles. The van der Waals surface area contributed by atoms with Gasteiger partial charge in [0.05, 0.1) is 17.2 Å². The monoisotopic (exact) mass is 479 g/mol. The van der Waals surface area contributed by atoms with Crippen molar-refractivity contribution in [3.05, 3.63) is 15.6 Å². The van der Waals surface area contributed by atoms with Crippen LogP contribution in [0.4, 0.5) is 0 Å². The van der Waals surface area contributed by atoms with Gasteiger partial charge in [-0.3, -0.25) is 4.99 Å². The van der Waals surface area contributed by atoms with Crippen molar-refractivity contribution < 1.29 is 0 Å². The number of hydrogen-bond acceptors (Lipinski definition) is 4. The van der Waals surface area contributed by atoms with Crippen LogP contribution in [-0.2, 0) is 6.42 Å². The fourth-order valence-corrected chi connectivity index (χ4v) is 3.87. The van der Waals surface area contributed by atoms with Crippen molar-refractivity contribution in [3.8, 4) is 0 Å². The van der Waals surface area contributed by atoms with E-state index in [1.807, 2.05) is 0 Å². The smallest absolute Gasteiger partial charge is 0.191 e. The Labute approximate surface area is 174 Å². The second kappa shape index (κ2) is 12.9. The topological polar surface area (TPSA) is 52.6 Å². The Kier molecular flexibility index (Phi) is 11.6. The van der Waals surface area contributed by atoms with Gasteiger partial charge >= 0.3 is 0 Å². The van der Waals surface area contributed by atoms with Crippen molar-refractivity contribution in [1.82, 2.24) is 20.5 Å². The first-order chi connectivity index (χ1) is 11.7. The standard InChI is InChI=1S/C18H33N5S.HI/c1-4-19-18(20-10-9-17-22-15(2)16(3)24-17)21-11-14-23-12-7-5-6-8-13-23;/h4-14H2,1-3H3,(H2,19,20,21);1H. The minimum Gasteiger partial charge on any atom is -0.357 e. The van der Waals surface area contributed by atoms with Crippen LogP contribution < -0.4 is 10.6 Å². The molecular formula is C18H34IN5S. The normalized spacial score (nSPS) is 16.2. The average molecular weight is 479 g/mol. The summed E-state index contributed by atoms with van der Waals surface area (Å²) in [5.41, 5.74) is 1.16. The molecule has 1 fully saturated rings. The third-order valence-electron chi connectivity index (χ3n) is 4.43. The van der Waals surface area contributed by atoms with Crippen LogP contribution in [0.1, 0.15) is 48.2 Å². The molecule has 0 radical (unpaired) electrons. The molecule has 0 amide bonds. The predicted molar refractivity (Wildman–Crippen MR) is 120 cm³/mol. The molecule has 2 heterocycles. The Hall–Kier alpha value is -0.410. The summed E-state index contributed by atoms with van der Waals surface area (Å²) in [5.74, 6) is 0.928. The van der Waals surface area contributed by atoms with E-state index in [0.29, 0.717) is 0 Å². The molecule has 7 heteroatoms. The third-order valence-corrected chi connectivity index (χ3v) is 5.57. The van der Waals surface area contributed by atoms with Gasteiger partial charge in [-0.15, -0.1) is 35.3 Å². The van der Waals surface area contributed by atoms with Gasteiger partial charge in [-0.2, -0.15) is 0 Å². The van der Waals surface area contributed by atoms with Crippen LogP contribution in [0.5, 0.6) is 0 Å². The molecule has 2 N–H and O–H groups in total. The molecule has 0 atom stereocenters. The molecule has 0 aliphatic carbocycles. The van der Waals surface area contributed by atoms with Gasteiger partial charge < -0.3 is 15.5 Å². The highest BCUT2D eigenvalue weighted by atomic mass is 127. The molecule has 1 aromatic heterocycles. The van der Waals surface area contributed by atoms with E-state index in [1.54, 1.807) is 11.3 Å². The molecule has 1 aromatic rings. The summed E-state index contributed by atoms with van der Waals surface area (Å²) in [7, 11) is 0. The molecule has 0 aromatic carbocycles. The van der Waals surface area contributed by atoms with E-state index >= 15 is 0 Å². The Morgan fingerprint density at radius 2 is 1.88 bits per heavy atom. The number of aryl methyl sites for hydroxylation is 2. The Morgan fingerprint density at radius 3 is 2.48 bits per heavy atom. The summed E-state index contributed by atoms with van der Waals surface area (Å²) in [6, 6.07) is 0. The van der Waals surface area contributed by atoms with E-state index in [1.165, 1.54) is 48.7 Å². The Balaban J connectivity index is 0.00000312. The first-order valence-corrected chi connectivity index (χ1v) is 10.2. The maximum atomic E-state index is 4.73. The van der Waals surface area contributed by atoms with Crippen LogP contribution in [-0.4, -0.2) is 55.1 Å². The van der Waals surface area contributed by atoms with E-state index in [9.17, 15) is 0 Å². The minimum absolute atomic E-state index is 0. The van der Waals surface area contributed by atoms with Gasteiger partial charge in [0, 0.05) is 30.9 Å². The number of aliphatic imine (C=N–C) groups is 1. The second-order valence-electron chi connectivity index (χ2n) is 6.44. The van der Waals surface area contributed by atoms with E-state index in [-0.39, 0.29) is 24.0 Å².